The Labute approximate surface area is 117 Å². The molecular formula is C15H30N2S. The summed E-state index contributed by atoms with van der Waals surface area (Å²) in [5.41, 5.74) is 6.41. The maximum absolute atomic E-state index is 6.41. The molecule has 2 N–H and O–H groups in total. The van der Waals surface area contributed by atoms with Gasteiger partial charge in [0.05, 0.1) is 0 Å². The summed E-state index contributed by atoms with van der Waals surface area (Å²) < 4.78 is 0. The van der Waals surface area contributed by atoms with Crippen molar-refractivity contribution in [1.29, 1.82) is 0 Å². The van der Waals surface area contributed by atoms with Gasteiger partial charge in [0.15, 0.2) is 0 Å². The molecule has 1 saturated carbocycles. The summed E-state index contributed by atoms with van der Waals surface area (Å²) in [7, 11) is 0. The zero-order valence-electron chi connectivity index (χ0n) is 12.3. The van der Waals surface area contributed by atoms with Gasteiger partial charge in [-0.1, -0.05) is 20.8 Å². The molecule has 106 valence electrons. The Kier molecular flexibility index (Phi) is 5.40. The van der Waals surface area contributed by atoms with Gasteiger partial charge >= 0.3 is 0 Å². The van der Waals surface area contributed by atoms with E-state index in [9.17, 15) is 0 Å². The predicted octanol–water partition coefficient (Wildman–Crippen LogP) is 2.82. The monoisotopic (exact) mass is 270 g/mol. The van der Waals surface area contributed by atoms with E-state index in [-0.39, 0.29) is 0 Å². The lowest BCUT2D eigenvalue weighted by Crippen LogP contribution is -2.49. The van der Waals surface area contributed by atoms with E-state index in [2.05, 4.69) is 37.4 Å². The SMILES string of the molecule is CCC1CN(CC2C(C)CC(C)CC2N)CCS1. The van der Waals surface area contributed by atoms with Gasteiger partial charge in [-0.05, 0) is 37.0 Å². The van der Waals surface area contributed by atoms with Gasteiger partial charge < -0.3 is 10.6 Å². The Balaban J connectivity index is 1.87. The number of hydrogen-bond donors (Lipinski definition) is 1. The molecule has 0 spiro atoms. The first-order valence-corrected chi connectivity index (χ1v) is 8.74. The highest BCUT2D eigenvalue weighted by Crippen LogP contribution is 2.34. The van der Waals surface area contributed by atoms with Crippen molar-refractivity contribution in [2.24, 2.45) is 23.5 Å². The van der Waals surface area contributed by atoms with Crippen molar-refractivity contribution in [1.82, 2.24) is 4.90 Å². The van der Waals surface area contributed by atoms with Crippen LogP contribution in [0.25, 0.3) is 0 Å². The smallest absolute Gasteiger partial charge is 0.0172 e. The quantitative estimate of drug-likeness (QED) is 0.855. The first kappa shape index (κ1) is 14.7. The minimum absolute atomic E-state index is 0.429. The summed E-state index contributed by atoms with van der Waals surface area (Å²) in [4.78, 5) is 2.68. The third-order valence-electron chi connectivity index (χ3n) is 4.88. The Bertz CT molecular complexity index is 247. The lowest BCUT2D eigenvalue weighted by Gasteiger charge is -2.42. The van der Waals surface area contributed by atoms with Crippen molar-refractivity contribution in [3.63, 3.8) is 0 Å². The Morgan fingerprint density at radius 1 is 1.28 bits per heavy atom. The van der Waals surface area contributed by atoms with Crippen LogP contribution in [0.3, 0.4) is 0 Å². The van der Waals surface area contributed by atoms with Gasteiger partial charge in [-0.2, -0.15) is 11.8 Å². The van der Waals surface area contributed by atoms with Crippen LogP contribution in [0.5, 0.6) is 0 Å². The minimum atomic E-state index is 0.429. The molecule has 1 heterocycles. The molecule has 2 nitrogen and oxygen atoms in total. The minimum Gasteiger partial charge on any atom is -0.327 e. The Hall–Kier alpha value is 0.270. The Morgan fingerprint density at radius 2 is 2.06 bits per heavy atom. The second-order valence-corrected chi connectivity index (χ2v) is 7.95. The van der Waals surface area contributed by atoms with Crippen molar-refractivity contribution in [3.05, 3.63) is 0 Å². The van der Waals surface area contributed by atoms with E-state index in [0.717, 1.165) is 23.0 Å². The molecule has 5 atom stereocenters. The van der Waals surface area contributed by atoms with Crippen LogP contribution in [0.1, 0.15) is 40.0 Å². The third-order valence-corrected chi connectivity index (χ3v) is 6.25. The molecule has 0 aromatic heterocycles. The van der Waals surface area contributed by atoms with Crippen molar-refractivity contribution in [2.45, 2.75) is 51.3 Å². The Morgan fingerprint density at radius 3 is 2.72 bits per heavy atom. The van der Waals surface area contributed by atoms with Gasteiger partial charge in [-0.25, -0.2) is 0 Å². The predicted molar refractivity (Wildman–Crippen MR) is 82.0 cm³/mol. The molecule has 0 aromatic rings. The van der Waals surface area contributed by atoms with Gasteiger partial charge in [-0.3, -0.25) is 0 Å². The van der Waals surface area contributed by atoms with Crippen LogP contribution < -0.4 is 5.73 Å². The number of thioether (sulfide) groups is 1. The van der Waals surface area contributed by atoms with Gasteiger partial charge in [-0.15, -0.1) is 0 Å². The van der Waals surface area contributed by atoms with Crippen LogP contribution in [0.15, 0.2) is 0 Å². The molecular weight excluding hydrogens is 240 g/mol. The van der Waals surface area contributed by atoms with Crippen LogP contribution in [0.4, 0.5) is 0 Å². The molecule has 18 heavy (non-hydrogen) atoms. The van der Waals surface area contributed by atoms with E-state index >= 15 is 0 Å². The second kappa shape index (κ2) is 6.62. The molecule has 5 unspecified atom stereocenters. The number of hydrogen-bond acceptors (Lipinski definition) is 3. The summed E-state index contributed by atoms with van der Waals surface area (Å²) >= 11 is 2.16. The molecule has 2 aliphatic rings. The van der Waals surface area contributed by atoms with Crippen molar-refractivity contribution in [2.75, 3.05) is 25.4 Å². The highest BCUT2D eigenvalue weighted by Gasteiger charge is 2.33. The zero-order valence-corrected chi connectivity index (χ0v) is 13.1. The van der Waals surface area contributed by atoms with Crippen LogP contribution in [-0.2, 0) is 0 Å². The number of nitrogens with two attached hydrogens (primary N) is 1. The van der Waals surface area contributed by atoms with Crippen LogP contribution in [0, 0.1) is 17.8 Å². The van der Waals surface area contributed by atoms with E-state index in [1.165, 1.54) is 44.6 Å². The summed E-state index contributed by atoms with van der Waals surface area (Å²) in [6, 6.07) is 0.429. The lowest BCUT2D eigenvalue weighted by atomic mass is 9.72. The summed E-state index contributed by atoms with van der Waals surface area (Å²) in [6.07, 6.45) is 3.91. The van der Waals surface area contributed by atoms with Crippen molar-refractivity contribution < 1.29 is 0 Å². The molecule has 2 fully saturated rings. The van der Waals surface area contributed by atoms with Crippen LogP contribution >= 0.6 is 11.8 Å². The average molecular weight is 270 g/mol. The van der Waals surface area contributed by atoms with Gasteiger partial charge in [0.1, 0.15) is 0 Å². The van der Waals surface area contributed by atoms with E-state index in [1.54, 1.807) is 0 Å². The largest absolute Gasteiger partial charge is 0.327 e. The van der Waals surface area contributed by atoms with E-state index in [1.807, 2.05) is 0 Å². The van der Waals surface area contributed by atoms with Crippen molar-refractivity contribution in [3.8, 4) is 0 Å². The molecule has 0 aromatic carbocycles. The molecule has 1 saturated heterocycles. The summed E-state index contributed by atoms with van der Waals surface area (Å²) in [6.45, 7) is 10.9. The van der Waals surface area contributed by atoms with E-state index in [4.69, 9.17) is 5.73 Å². The highest BCUT2D eigenvalue weighted by molar-refractivity contribution is 8.00. The number of nitrogens with zero attached hydrogens (tertiary/aromatic N) is 1. The standard InChI is InChI=1S/C15H30N2S/c1-4-13-9-17(5-6-18-13)10-14-12(3)7-11(2)8-15(14)16/h11-15H,4-10,16H2,1-3H3. The third kappa shape index (κ3) is 3.64. The van der Waals surface area contributed by atoms with Crippen molar-refractivity contribution >= 4 is 11.8 Å². The van der Waals surface area contributed by atoms with Crippen LogP contribution in [-0.4, -0.2) is 41.6 Å². The van der Waals surface area contributed by atoms with E-state index < -0.39 is 0 Å². The topological polar surface area (TPSA) is 29.3 Å². The maximum atomic E-state index is 6.41. The molecule has 0 radical (unpaired) electrons. The highest BCUT2D eigenvalue weighted by atomic mass is 32.2. The molecule has 2 rings (SSSR count). The summed E-state index contributed by atoms with van der Waals surface area (Å²) in [5, 5.41) is 0.854. The molecule has 3 heteroatoms. The van der Waals surface area contributed by atoms with Crippen LogP contribution in [0.2, 0.25) is 0 Å². The normalized spacial score (nSPS) is 43.0. The first-order valence-electron chi connectivity index (χ1n) is 7.69. The van der Waals surface area contributed by atoms with Gasteiger partial charge in [0.2, 0.25) is 0 Å². The lowest BCUT2D eigenvalue weighted by molar-refractivity contribution is 0.119. The average Bonchev–Trinajstić information content (AvgIpc) is 2.34. The fourth-order valence-corrected chi connectivity index (χ4v) is 5.02. The maximum Gasteiger partial charge on any atom is 0.0172 e. The zero-order chi connectivity index (χ0) is 13.1. The molecule has 0 bridgehead atoms. The van der Waals surface area contributed by atoms with Gasteiger partial charge in [0, 0.05) is 36.7 Å². The first-order chi connectivity index (χ1) is 8.60. The fraction of sp³-hybridized carbons (Fsp3) is 1.00. The fourth-order valence-electron chi connectivity index (χ4n) is 3.77. The molecule has 1 aliphatic carbocycles. The number of rotatable bonds is 3. The summed E-state index contributed by atoms with van der Waals surface area (Å²) in [5.74, 6) is 3.66. The molecule has 1 aliphatic heterocycles. The molecule has 0 amide bonds. The second-order valence-electron chi connectivity index (χ2n) is 6.54. The van der Waals surface area contributed by atoms with E-state index in [0.29, 0.717) is 6.04 Å². The van der Waals surface area contributed by atoms with Gasteiger partial charge in [0.25, 0.3) is 0 Å².